The predicted molar refractivity (Wildman–Crippen MR) is 127 cm³/mol. The Morgan fingerprint density at radius 2 is 1.82 bits per heavy atom. The lowest BCUT2D eigenvalue weighted by molar-refractivity contribution is -0.131. The number of rotatable bonds is 6. The van der Waals surface area contributed by atoms with Crippen LogP contribution in [-0.4, -0.2) is 26.3 Å². The van der Waals surface area contributed by atoms with Crippen LogP contribution in [0.2, 0.25) is 0 Å². The summed E-state index contributed by atoms with van der Waals surface area (Å²) >= 11 is 0. The number of carbonyl (C=O) groups is 1. The summed E-state index contributed by atoms with van der Waals surface area (Å²) in [7, 11) is 0. The van der Waals surface area contributed by atoms with Crippen LogP contribution in [0.1, 0.15) is 41.6 Å². The van der Waals surface area contributed by atoms with E-state index in [1.54, 1.807) is 12.3 Å². The van der Waals surface area contributed by atoms with E-state index in [1.165, 1.54) is 18.1 Å². The summed E-state index contributed by atoms with van der Waals surface area (Å²) in [6.45, 7) is 0. The van der Waals surface area contributed by atoms with E-state index in [1.807, 2.05) is 42.5 Å². The fourth-order valence-corrected chi connectivity index (χ4v) is 4.32. The maximum atomic E-state index is 14.3. The van der Waals surface area contributed by atoms with Gasteiger partial charge >= 0.3 is 5.97 Å². The molecule has 6 heteroatoms. The van der Waals surface area contributed by atoms with Crippen molar-refractivity contribution in [2.75, 3.05) is 0 Å². The number of fused-ring (bicyclic) bond motifs is 1. The molecule has 2 aromatic carbocycles. The maximum absolute atomic E-state index is 14.3. The van der Waals surface area contributed by atoms with E-state index in [4.69, 9.17) is 5.11 Å². The fourth-order valence-electron chi connectivity index (χ4n) is 4.32. The highest BCUT2D eigenvalue weighted by molar-refractivity contribution is 6.01. The number of aliphatic carboxylic acids is 1. The highest BCUT2D eigenvalue weighted by Gasteiger charge is 2.27. The van der Waals surface area contributed by atoms with Gasteiger partial charge in [-0.25, -0.2) is 4.79 Å². The Hall–Kier alpha value is -4.06. The number of hydrogen-bond donors (Lipinski definition) is 2. The number of nitrogens with one attached hydrogen (secondary N) is 1. The molecule has 1 aliphatic carbocycles. The molecule has 164 valence electrons. The molecule has 0 amide bonds. The van der Waals surface area contributed by atoms with Crippen LogP contribution in [0.25, 0.3) is 28.1 Å². The normalized spacial score (nSPS) is 14.9. The number of halogens is 1. The molecule has 2 aromatic heterocycles. The van der Waals surface area contributed by atoms with Crippen LogP contribution in [-0.2, 0) is 4.79 Å². The fraction of sp³-hybridized carbons (Fsp3) is 0.148. The van der Waals surface area contributed by atoms with Crippen molar-refractivity contribution >= 4 is 34.1 Å². The van der Waals surface area contributed by atoms with Crippen LogP contribution in [0.3, 0.4) is 0 Å². The lowest BCUT2D eigenvalue weighted by atomic mass is 9.73. The smallest absolute Gasteiger partial charge is 0.328 e. The zero-order chi connectivity index (χ0) is 22.8. The molecule has 0 radical (unpaired) electrons. The van der Waals surface area contributed by atoms with Gasteiger partial charge in [-0.15, -0.1) is 5.10 Å². The minimum atomic E-state index is -1.02. The van der Waals surface area contributed by atoms with E-state index in [0.717, 1.165) is 41.2 Å². The first-order valence-electron chi connectivity index (χ1n) is 10.9. The number of aromatic amines is 1. The molecule has 2 heterocycles. The largest absolute Gasteiger partial charge is 0.478 e. The van der Waals surface area contributed by atoms with Gasteiger partial charge in [0.2, 0.25) is 5.95 Å². The third-order valence-electron chi connectivity index (χ3n) is 6.14. The number of allylic oxidation sites excluding steroid dienone is 1. The van der Waals surface area contributed by atoms with Crippen molar-refractivity contribution < 1.29 is 14.3 Å². The van der Waals surface area contributed by atoms with E-state index < -0.39 is 11.9 Å². The van der Waals surface area contributed by atoms with Gasteiger partial charge in [0.05, 0.1) is 16.6 Å². The first kappa shape index (κ1) is 20.8. The highest BCUT2D eigenvalue weighted by atomic mass is 19.1. The monoisotopic (exact) mass is 439 g/mol. The number of hydrogen-bond acceptors (Lipinski definition) is 3. The first-order chi connectivity index (χ1) is 16.1. The Bertz CT molecular complexity index is 1370. The first-order valence-corrected chi connectivity index (χ1v) is 10.9. The van der Waals surface area contributed by atoms with Gasteiger partial charge in [0.1, 0.15) is 0 Å². The van der Waals surface area contributed by atoms with Crippen LogP contribution in [0.15, 0.2) is 72.9 Å². The lowest BCUT2D eigenvalue weighted by Crippen LogP contribution is -2.15. The summed E-state index contributed by atoms with van der Waals surface area (Å²) in [5, 5.41) is 15.8. The number of carboxylic acid groups (broad SMARTS) is 1. The SMILES string of the molecule is O=C(O)C=Cc1ccc(/C(=C(/c2ccccc2)C2CCC2)c2ccc3[nH]nc(F)c3c2)cn1. The molecule has 5 rings (SSSR count). The van der Waals surface area contributed by atoms with Gasteiger partial charge < -0.3 is 5.11 Å². The van der Waals surface area contributed by atoms with Crippen molar-refractivity contribution in [2.24, 2.45) is 5.92 Å². The van der Waals surface area contributed by atoms with Gasteiger partial charge in [0.25, 0.3) is 0 Å². The second-order valence-corrected chi connectivity index (χ2v) is 8.20. The Labute approximate surface area is 190 Å². The molecule has 1 aliphatic rings. The summed E-state index contributed by atoms with van der Waals surface area (Å²) < 4.78 is 14.3. The maximum Gasteiger partial charge on any atom is 0.328 e. The Balaban J connectivity index is 1.73. The quantitative estimate of drug-likeness (QED) is 0.287. The molecule has 0 aliphatic heterocycles. The molecule has 4 aromatic rings. The summed E-state index contributed by atoms with van der Waals surface area (Å²) in [6, 6.07) is 19.7. The minimum absolute atomic E-state index is 0.402. The summed E-state index contributed by atoms with van der Waals surface area (Å²) in [5.41, 5.74) is 6.37. The molecule has 0 bridgehead atoms. The standard InChI is InChI=1S/C27H22FN3O2/c28-27-22-15-19(10-13-23(22)30-31-27)26(20-9-11-21(29-16-20)12-14-24(32)33)25(18-7-4-8-18)17-5-2-1-3-6-17/h1-3,5-6,9-16,18H,4,7-8H2,(H,30,31)(H,32,33)/b14-12?,26-25-. The molecule has 33 heavy (non-hydrogen) atoms. The van der Waals surface area contributed by atoms with E-state index in [0.29, 0.717) is 22.5 Å². The van der Waals surface area contributed by atoms with Gasteiger partial charge in [-0.05, 0) is 65.3 Å². The zero-order valence-corrected chi connectivity index (χ0v) is 17.8. The lowest BCUT2D eigenvalue weighted by Gasteiger charge is -2.31. The minimum Gasteiger partial charge on any atom is -0.478 e. The molecular weight excluding hydrogens is 417 g/mol. The predicted octanol–water partition coefficient (Wildman–Crippen LogP) is 5.95. The molecule has 0 unspecified atom stereocenters. The van der Waals surface area contributed by atoms with Gasteiger partial charge in [0, 0.05) is 17.8 Å². The second-order valence-electron chi connectivity index (χ2n) is 8.20. The average molecular weight is 439 g/mol. The highest BCUT2D eigenvalue weighted by Crippen LogP contribution is 2.45. The summed E-state index contributed by atoms with van der Waals surface area (Å²) in [6.07, 6.45) is 7.67. The van der Waals surface area contributed by atoms with E-state index in [2.05, 4.69) is 27.3 Å². The van der Waals surface area contributed by atoms with Crippen molar-refractivity contribution in [3.63, 3.8) is 0 Å². The van der Waals surface area contributed by atoms with Crippen molar-refractivity contribution in [2.45, 2.75) is 19.3 Å². The topological polar surface area (TPSA) is 78.9 Å². The van der Waals surface area contributed by atoms with E-state index in [-0.39, 0.29) is 0 Å². The Kier molecular flexibility index (Phi) is 5.57. The van der Waals surface area contributed by atoms with Gasteiger partial charge in [0.15, 0.2) is 0 Å². The average Bonchev–Trinajstić information content (AvgIpc) is 3.17. The molecule has 1 saturated carbocycles. The van der Waals surface area contributed by atoms with E-state index >= 15 is 0 Å². The molecule has 1 fully saturated rings. The molecule has 2 N–H and O–H groups in total. The number of pyridine rings is 1. The van der Waals surface area contributed by atoms with Crippen LogP contribution in [0.5, 0.6) is 0 Å². The van der Waals surface area contributed by atoms with Gasteiger partial charge in [-0.2, -0.15) is 4.39 Å². The van der Waals surface area contributed by atoms with Crippen molar-refractivity contribution in [3.8, 4) is 0 Å². The van der Waals surface area contributed by atoms with Crippen LogP contribution < -0.4 is 0 Å². The van der Waals surface area contributed by atoms with E-state index in [9.17, 15) is 9.18 Å². The van der Waals surface area contributed by atoms with Crippen molar-refractivity contribution in [3.05, 3.63) is 101 Å². The van der Waals surface area contributed by atoms with Crippen molar-refractivity contribution in [1.29, 1.82) is 0 Å². The number of carboxylic acids is 1. The second kappa shape index (κ2) is 8.82. The zero-order valence-electron chi connectivity index (χ0n) is 17.8. The number of aromatic nitrogens is 3. The number of benzene rings is 2. The Morgan fingerprint density at radius 1 is 1.03 bits per heavy atom. The van der Waals surface area contributed by atoms with Gasteiger partial charge in [-0.3, -0.25) is 10.1 Å². The molecule has 0 saturated heterocycles. The van der Waals surface area contributed by atoms with Gasteiger partial charge in [-0.1, -0.05) is 48.9 Å². The third kappa shape index (κ3) is 4.20. The number of H-pyrrole nitrogens is 1. The van der Waals surface area contributed by atoms with Crippen LogP contribution in [0.4, 0.5) is 4.39 Å². The summed E-state index contributed by atoms with van der Waals surface area (Å²) in [4.78, 5) is 15.3. The molecule has 0 spiro atoms. The van der Waals surface area contributed by atoms with Crippen molar-refractivity contribution in [1.82, 2.24) is 15.2 Å². The summed E-state index contributed by atoms with van der Waals surface area (Å²) in [5.74, 6) is -1.14. The van der Waals surface area contributed by atoms with Crippen LogP contribution >= 0.6 is 0 Å². The number of nitrogens with zero attached hydrogens (tertiary/aromatic N) is 2. The third-order valence-corrected chi connectivity index (χ3v) is 6.14. The van der Waals surface area contributed by atoms with Crippen LogP contribution in [0, 0.1) is 11.9 Å². The molecular formula is C27H22FN3O2. The molecule has 0 atom stereocenters. The molecule has 5 nitrogen and oxygen atoms in total. The Morgan fingerprint density at radius 3 is 2.48 bits per heavy atom.